The number of nitrogens with one attached hydrogen (secondary N) is 1. The molecule has 1 saturated carbocycles. The number of nitrogens with zero attached hydrogens (tertiary/aromatic N) is 2. The van der Waals surface area contributed by atoms with E-state index in [4.69, 9.17) is 4.74 Å². The van der Waals surface area contributed by atoms with Gasteiger partial charge in [0.25, 0.3) is 0 Å². The molecule has 17 heavy (non-hydrogen) atoms. The Bertz CT molecular complexity index is 392. The molecule has 4 heteroatoms. The highest BCUT2D eigenvalue weighted by atomic mass is 16.5. The third kappa shape index (κ3) is 2.57. The number of anilines is 1. The van der Waals surface area contributed by atoms with Crippen molar-refractivity contribution in [3.63, 3.8) is 0 Å². The maximum absolute atomic E-state index is 5.72. The molecule has 1 fully saturated rings. The first kappa shape index (κ1) is 12.3. The first-order valence-corrected chi connectivity index (χ1v) is 6.17. The fraction of sp³-hybridized carbons (Fsp3) is 0.692. The van der Waals surface area contributed by atoms with Crippen LogP contribution in [0, 0.1) is 12.8 Å². The van der Waals surface area contributed by atoms with Crippen molar-refractivity contribution in [2.24, 2.45) is 5.92 Å². The van der Waals surface area contributed by atoms with Gasteiger partial charge in [-0.3, -0.25) is 0 Å². The smallest absolute Gasteiger partial charge is 0.129 e. The molecule has 0 saturated heterocycles. The average Bonchev–Trinajstić information content (AvgIpc) is 3.12. The minimum absolute atomic E-state index is 0.112. The molecule has 0 bridgehead atoms. The van der Waals surface area contributed by atoms with Crippen LogP contribution in [0.4, 0.5) is 5.82 Å². The molecule has 94 valence electrons. The Morgan fingerprint density at radius 1 is 1.53 bits per heavy atom. The molecular weight excluding hydrogens is 214 g/mol. The standard InChI is InChI=1S/C13H21N3O/c1-9(13(3,17-4)11-5-6-11)15-12-7-8-14-10(2)16-12/h7-9,11H,5-6H2,1-4H3,(H,14,15,16)/t9-,13+/m0/s1. The molecule has 1 heterocycles. The Balaban J connectivity index is 2.07. The summed E-state index contributed by atoms with van der Waals surface area (Å²) >= 11 is 0. The van der Waals surface area contributed by atoms with Crippen molar-refractivity contribution in [3.05, 3.63) is 18.1 Å². The second-order valence-electron chi connectivity index (χ2n) is 5.02. The van der Waals surface area contributed by atoms with Crippen LogP contribution in [0.5, 0.6) is 0 Å². The lowest BCUT2D eigenvalue weighted by atomic mass is 9.92. The highest BCUT2D eigenvalue weighted by molar-refractivity contribution is 5.35. The van der Waals surface area contributed by atoms with Gasteiger partial charge in [0.05, 0.1) is 11.6 Å². The average molecular weight is 235 g/mol. The van der Waals surface area contributed by atoms with Crippen LogP contribution in [0.2, 0.25) is 0 Å². The molecule has 1 aromatic heterocycles. The summed E-state index contributed by atoms with van der Waals surface area (Å²) in [6.45, 7) is 6.22. The summed E-state index contributed by atoms with van der Waals surface area (Å²) < 4.78 is 5.72. The van der Waals surface area contributed by atoms with E-state index in [0.29, 0.717) is 5.92 Å². The van der Waals surface area contributed by atoms with Crippen molar-refractivity contribution in [1.82, 2.24) is 9.97 Å². The SMILES string of the molecule is CO[C@@](C)(C1CC1)[C@H](C)Nc1ccnc(C)n1. The maximum Gasteiger partial charge on any atom is 0.129 e. The van der Waals surface area contributed by atoms with E-state index in [2.05, 4.69) is 29.1 Å². The zero-order valence-corrected chi connectivity index (χ0v) is 11.0. The van der Waals surface area contributed by atoms with Gasteiger partial charge in [-0.05, 0) is 45.6 Å². The van der Waals surface area contributed by atoms with Crippen molar-refractivity contribution in [2.45, 2.75) is 45.3 Å². The van der Waals surface area contributed by atoms with Crippen LogP contribution in [-0.2, 0) is 4.74 Å². The van der Waals surface area contributed by atoms with Gasteiger partial charge in [0.15, 0.2) is 0 Å². The van der Waals surface area contributed by atoms with E-state index in [1.807, 2.05) is 13.0 Å². The summed E-state index contributed by atoms with van der Waals surface area (Å²) in [6, 6.07) is 2.13. The molecule has 4 nitrogen and oxygen atoms in total. The Morgan fingerprint density at radius 2 is 2.24 bits per heavy atom. The number of hydrogen-bond donors (Lipinski definition) is 1. The van der Waals surface area contributed by atoms with Gasteiger partial charge in [-0.15, -0.1) is 0 Å². The summed E-state index contributed by atoms with van der Waals surface area (Å²) in [6.07, 6.45) is 4.30. The molecule has 0 spiro atoms. The largest absolute Gasteiger partial charge is 0.376 e. The normalized spacial score (nSPS) is 20.7. The third-order valence-electron chi connectivity index (χ3n) is 3.83. The van der Waals surface area contributed by atoms with Crippen LogP contribution in [0.15, 0.2) is 12.3 Å². The van der Waals surface area contributed by atoms with Crippen molar-refractivity contribution in [1.29, 1.82) is 0 Å². The Kier molecular flexibility index (Phi) is 3.33. The number of hydrogen-bond acceptors (Lipinski definition) is 4. The molecule has 1 N–H and O–H groups in total. The summed E-state index contributed by atoms with van der Waals surface area (Å²) in [5.41, 5.74) is -0.112. The van der Waals surface area contributed by atoms with E-state index in [1.54, 1.807) is 13.3 Å². The van der Waals surface area contributed by atoms with Crippen molar-refractivity contribution < 1.29 is 4.74 Å². The van der Waals surface area contributed by atoms with Crippen molar-refractivity contribution in [2.75, 3.05) is 12.4 Å². The molecule has 1 aromatic rings. The van der Waals surface area contributed by atoms with Crippen LogP contribution >= 0.6 is 0 Å². The Hall–Kier alpha value is -1.16. The second-order valence-corrected chi connectivity index (χ2v) is 5.02. The minimum Gasteiger partial charge on any atom is -0.376 e. The van der Waals surface area contributed by atoms with Gasteiger partial charge in [-0.2, -0.15) is 0 Å². The highest BCUT2D eigenvalue weighted by Crippen LogP contribution is 2.43. The van der Waals surface area contributed by atoms with Gasteiger partial charge in [-0.1, -0.05) is 0 Å². The summed E-state index contributed by atoms with van der Waals surface area (Å²) in [7, 11) is 1.79. The molecule has 0 radical (unpaired) electrons. The lowest BCUT2D eigenvalue weighted by Gasteiger charge is -2.35. The third-order valence-corrected chi connectivity index (χ3v) is 3.83. The van der Waals surface area contributed by atoms with Gasteiger partial charge in [-0.25, -0.2) is 9.97 Å². The van der Waals surface area contributed by atoms with Gasteiger partial charge in [0.2, 0.25) is 0 Å². The molecule has 1 aliphatic carbocycles. The zero-order valence-electron chi connectivity index (χ0n) is 11.0. The van der Waals surface area contributed by atoms with Crippen molar-refractivity contribution in [3.8, 4) is 0 Å². The van der Waals surface area contributed by atoms with Crippen LogP contribution in [0.25, 0.3) is 0 Å². The summed E-state index contributed by atoms with van der Waals surface area (Å²) in [5.74, 6) is 2.32. The first-order valence-electron chi connectivity index (χ1n) is 6.17. The van der Waals surface area contributed by atoms with Gasteiger partial charge >= 0.3 is 0 Å². The predicted molar refractivity (Wildman–Crippen MR) is 68.0 cm³/mol. The minimum atomic E-state index is -0.112. The second kappa shape index (κ2) is 4.61. The van der Waals surface area contributed by atoms with E-state index < -0.39 is 0 Å². The molecule has 0 aliphatic heterocycles. The first-order chi connectivity index (χ1) is 8.06. The molecule has 0 amide bonds. The maximum atomic E-state index is 5.72. The number of ether oxygens (including phenoxy) is 1. The highest BCUT2D eigenvalue weighted by Gasteiger charge is 2.45. The topological polar surface area (TPSA) is 47.0 Å². The van der Waals surface area contributed by atoms with Crippen LogP contribution in [-0.4, -0.2) is 28.7 Å². The molecule has 0 aromatic carbocycles. The lowest BCUT2D eigenvalue weighted by Crippen LogP contribution is -2.46. The fourth-order valence-corrected chi connectivity index (χ4v) is 2.26. The number of aryl methyl sites for hydroxylation is 1. The van der Waals surface area contributed by atoms with Crippen molar-refractivity contribution >= 4 is 5.82 Å². The Morgan fingerprint density at radius 3 is 2.76 bits per heavy atom. The van der Waals surface area contributed by atoms with E-state index in [9.17, 15) is 0 Å². The van der Waals surface area contributed by atoms with Gasteiger partial charge in [0.1, 0.15) is 11.6 Å². The number of methoxy groups -OCH3 is 1. The molecule has 2 rings (SSSR count). The predicted octanol–water partition coefficient (Wildman–Crippen LogP) is 2.40. The van der Waals surface area contributed by atoms with Crippen LogP contribution < -0.4 is 5.32 Å². The molecule has 1 aliphatic rings. The number of rotatable bonds is 5. The molecule has 2 atom stereocenters. The van der Waals surface area contributed by atoms with Crippen LogP contribution in [0.3, 0.4) is 0 Å². The van der Waals surface area contributed by atoms with E-state index in [1.165, 1.54) is 12.8 Å². The summed E-state index contributed by atoms with van der Waals surface area (Å²) in [5, 5.41) is 3.42. The molecular formula is C13H21N3O. The van der Waals surface area contributed by atoms with Gasteiger partial charge in [0, 0.05) is 13.3 Å². The van der Waals surface area contributed by atoms with Gasteiger partial charge < -0.3 is 10.1 Å². The van der Waals surface area contributed by atoms with E-state index in [-0.39, 0.29) is 11.6 Å². The number of aromatic nitrogens is 2. The van der Waals surface area contributed by atoms with E-state index in [0.717, 1.165) is 11.6 Å². The Labute approximate surface area is 103 Å². The lowest BCUT2D eigenvalue weighted by molar-refractivity contribution is -0.0246. The fourth-order valence-electron chi connectivity index (χ4n) is 2.26. The van der Waals surface area contributed by atoms with Crippen LogP contribution in [0.1, 0.15) is 32.5 Å². The monoisotopic (exact) mass is 235 g/mol. The molecule has 0 unspecified atom stereocenters. The van der Waals surface area contributed by atoms with E-state index >= 15 is 0 Å². The quantitative estimate of drug-likeness (QED) is 0.851. The zero-order chi connectivity index (χ0) is 12.5. The summed E-state index contributed by atoms with van der Waals surface area (Å²) in [4.78, 5) is 8.46.